The molecule has 26 aromatic rings. The van der Waals surface area contributed by atoms with E-state index in [4.69, 9.17) is 0 Å². The van der Waals surface area contributed by atoms with E-state index in [1.165, 1.54) is 221 Å². The van der Waals surface area contributed by atoms with Gasteiger partial charge in [-0.25, -0.2) is 0 Å². The molecule has 0 atom stereocenters. The van der Waals surface area contributed by atoms with Gasteiger partial charge in [-0.1, -0.05) is 369 Å². The van der Waals surface area contributed by atoms with Crippen LogP contribution in [0.4, 0.5) is 0 Å². The van der Waals surface area contributed by atoms with Gasteiger partial charge < -0.3 is 27.4 Å². The van der Waals surface area contributed by atoms with Crippen molar-refractivity contribution < 1.29 is 0 Å². The van der Waals surface area contributed by atoms with E-state index >= 15 is 0 Å². The van der Waals surface area contributed by atoms with E-state index < -0.39 is 0 Å². The lowest BCUT2D eigenvalue weighted by atomic mass is 10.0. The van der Waals surface area contributed by atoms with Crippen LogP contribution in [-0.2, 0) is 0 Å². The van der Waals surface area contributed by atoms with Gasteiger partial charge in [0.2, 0.25) is 0 Å². The zero-order valence-corrected chi connectivity index (χ0v) is 74.9. The summed E-state index contributed by atoms with van der Waals surface area (Å²) in [4.78, 5) is 0. The topological polar surface area (TPSA) is 29.6 Å². The SMILES string of the molecule is Cc1ccc(-c2ccc3c4ccccc4n(-c4ccccc4)c3c2)cc1.Cc1ccc(-n2c3ccccc3c3ccccc32)cc1.Cc1cccc(-c2ccc3c4ccccc4n(-c4ccccc4)c3c2)c1.Cc1cccc(-n2c3ccccc3c3ccccc32)c1.Cc1cccc2c3ccccc3n(-c3ccccc3)c12.Cc1ccccc1-n1c2ccccc2c2ccccc21. The van der Waals surface area contributed by atoms with Crippen LogP contribution in [0.1, 0.15) is 33.4 Å². The molecular weight excluding hydrogens is 1600 g/mol. The number of aromatic nitrogens is 6. The van der Waals surface area contributed by atoms with Crippen molar-refractivity contribution in [2.24, 2.45) is 0 Å². The molecule has 632 valence electrons. The molecule has 26 rings (SSSR count). The van der Waals surface area contributed by atoms with E-state index in [1.807, 2.05) is 0 Å². The first kappa shape index (κ1) is 82.2. The fraction of sp³-hybridized carbons (Fsp3) is 0.0476. The second-order valence-corrected chi connectivity index (χ2v) is 34.3. The van der Waals surface area contributed by atoms with Gasteiger partial charge in [0.1, 0.15) is 0 Å². The summed E-state index contributed by atoms with van der Waals surface area (Å²) in [6.45, 7) is 12.9. The number of nitrogens with zero attached hydrogens (tertiary/aromatic N) is 6. The van der Waals surface area contributed by atoms with Crippen molar-refractivity contribution in [3.8, 4) is 56.4 Å². The predicted molar refractivity (Wildman–Crippen MR) is 564 cm³/mol. The van der Waals surface area contributed by atoms with Gasteiger partial charge in [-0.3, -0.25) is 0 Å². The number of para-hydroxylation sites is 14. The Kier molecular flexibility index (Phi) is 22.5. The van der Waals surface area contributed by atoms with Gasteiger partial charge in [0.15, 0.2) is 0 Å². The highest BCUT2D eigenvalue weighted by molar-refractivity contribution is 6.15. The Balaban J connectivity index is 0.0000000959. The van der Waals surface area contributed by atoms with Crippen molar-refractivity contribution in [2.45, 2.75) is 41.5 Å². The normalized spacial score (nSPS) is 11.3. The second kappa shape index (κ2) is 36.1. The first-order valence-corrected chi connectivity index (χ1v) is 45.5. The monoisotopic (exact) mass is 1690 g/mol. The molecule has 0 radical (unpaired) electrons. The van der Waals surface area contributed by atoms with E-state index in [2.05, 4.69) is 554 Å². The smallest absolute Gasteiger partial charge is 0.0570 e. The van der Waals surface area contributed by atoms with Crippen molar-refractivity contribution in [2.75, 3.05) is 0 Å². The van der Waals surface area contributed by atoms with Crippen LogP contribution in [0.5, 0.6) is 0 Å². The van der Waals surface area contributed by atoms with Crippen molar-refractivity contribution >= 4 is 131 Å². The third-order valence-electron chi connectivity index (χ3n) is 25.7. The van der Waals surface area contributed by atoms with Crippen molar-refractivity contribution in [1.82, 2.24) is 27.4 Å². The maximum Gasteiger partial charge on any atom is 0.0570 e. The van der Waals surface area contributed by atoms with Crippen LogP contribution in [0.25, 0.3) is 187 Å². The number of rotatable bonds is 8. The van der Waals surface area contributed by atoms with Crippen molar-refractivity contribution in [3.05, 3.63) is 519 Å². The minimum atomic E-state index is 1.19. The minimum Gasteiger partial charge on any atom is -0.309 e. The fourth-order valence-corrected chi connectivity index (χ4v) is 19.5. The zero-order chi connectivity index (χ0) is 89.1. The lowest BCUT2D eigenvalue weighted by molar-refractivity contribution is 1.15. The van der Waals surface area contributed by atoms with Crippen LogP contribution < -0.4 is 0 Å². The Bertz CT molecular complexity index is 8530. The molecule has 0 saturated heterocycles. The summed E-state index contributed by atoms with van der Waals surface area (Å²) < 4.78 is 14.1. The maximum absolute atomic E-state index is 2.37. The van der Waals surface area contributed by atoms with Crippen LogP contribution in [0.15, 0.2) is 485 Å². The standard InChI is InChI=1S/2C25H19N.4C19H15N/c1-18-8-7-9-19(16-18)20-14-15-23-22-12-5-6-13-24(22)26(25(23)17-20)21-10-3-2-4-11-21;1-18-11-13-19(14-12-18)20-15-16-23-22-9-5-6-10-24(22)26(25(23)17-20)21-7-3-2-4-8-21;1-14-8-2-5-11-17(14)20-18-12-6-3-9-15(18)16-10-4-7-13-19(16)20;1-14-7-6-8-15(13-14)20-18-11-4-2-9-16(18)17-10-3-5-12-19(17)20;1-14-10-12-15(13-11-14)20-18-8-4-2-6-16(18)17-7-3-5-9-19(17)20;1-14-8-7-12-17-16-11-5-6-13-18(16)20(19(14)17)15-9-3-2-4-10-15/h2*2-17H,1H3;4*2-13H,1H3. The average molecular weight is 1700 g/mol. The molecule has 0 aliphatic heterocycles. The molecule has 0 fully saturated rings. The van der Waals surface area contributed by atoms with Crippen LogP contribution in [-0.4, -0.2) is 27.4 Å². The molecule has 6 heterocycles. The highest BCUT2D eigenvalue weighted by atomic mass is 15.0. The summed E-state index contributed by atoms with van der Waals surface area (Å²) in [6.07, 6.45) is 0. The van der Waals surface area contributed by atoms with Crippen molar-refractivity contribution in [3.63, 3.8) is 0 Å². The highest BCUT2D eigenvalue weighted by Crippen LogP contribution is 2.41. The predicted octanol–water partition coefficient (Wildman–Crippen LogP) is 33.9. The van der Waals surface area contributed by atoms with Gasteiger partial charge in [-0.15, -0.1) is 0 Å². The van der Waals surface area contributed by atoms with E-state index in [0.29, 0.717) is 0 Å². The Morgan fingerprint density at radius 2 is 0.386 bits per heavy atom. The zero-order valence-electron chi connectivity index (χ0n) is 74.9. The third-order valence-corrected chi connectivity index (χ3v) is 25.7. The summed E-state index contributed by atoms with van der Waals surface area (Å²) in [5.74, 6) is 0. The molecule has 0 amide bonds. The van der Waals surface area contributed by atoms with Crippen LogP contribution in [0.3, 0.4) is 0 Å². The van der Waals surface area contributed by atoms with Gasteiger partial charge in [0.05, 0.1) is 66.2 Å². The molecule has 132 heavy (non-hydrogen) atoms. The van der Waals surface area contributed by atoms with Crippen LogP contribution >= 0.6 is 0 Å². The quantitative estimate of drug-likeness (QED) is 0.145. The minimum absolute atomic E-state index is 1.19. The van der Waals surface area contributed by atoms with Gasteiger partial charge in [-0.2, -0.15) is 0 Å². The van der Waals surface area contributed by atoms with Crippen molar-refractivity contribution in [1.29, 1.82) is 0 Å². The fourth-order valence-electron chi connectivity index (χ4n) is 19.5. The lowest BCUT2D eigenvalue weighted by Crippen LogP contribution is -1.96. The van der Waals surface area contributed by atoms with Gasteiger partial charge in [-0.05, 0) is 214 Å². The van der Waals surface area contributed by atoms with Gasteiger partial charge in [0.25, 0.3) is 0 Å². The molecule has 0 aliphatic rings. The molecule has 0 aliphatic carbocycles. The first-order chi connectivity index (χ1) is 65.0. The van der Waals surface area contributed by atoms with Gasteiger partial charge >= 0.3 is 0 Å². The average Bonchev–Trinajstić information content (AvgIpc) is 1.65. The van der Waals surface area contributed by atoms with E-state index in [-0.39, 0.29) is 0 Å². The molecule has 20 aromatic carbocycles. The Labute approximate surface area is 769 Å². The summed E-state index contributed by atoms with van der Waals surface area (Å²) in [5.41, 5.74) is 35.2. The van der Waals surface area contributed by atoms with Crippen LogP contribution in [0.2, 0.25) is 0 Å². The highest BCUT2D eigenvalue weighted by Gasteiger charge is 2.20. The molecule has 6 heteroatoms. The van der Waals surface area contributed by atoms with E-state index in [9.17, 15) is 0 Å². The second-order valence-electron chi connectivity index (χ2n) is 34.3. The first-order valence-electron chi connectivity index (χ1n) is 45.5. The maximum atomic E-state index is 2.37. The molecule has 0 N–H and O–H groups in total. The molecule has 6 aromatic heterocycles. The number of hydrogen-bond acceptors (Lipinski definition) is 0. The summed E-state index contributed by atoms with van der Waals surface area (Å²) >= 11 is 0. The van der Waals surface area contributed by atoms with E-state index in [1.54, 1.807) is 0 Å². The lowest BCUT2D eigenvalue weighted by Gasteiger charge is -2.10. The molecule has 6 nitrogen and oxygen atoms in total. The summed E-state index contributed by atoms with van der Waals surface area (Å²) in [7, 11) is 0. The number of hydrogen-bond donors (Lipinski definition) is 0. The number of fused-ring (bicyclic) bond motifs is 18. The Hall–Kier alpha value is -16.8. The van der Waals surface area contributed by atoms with Gasteiger partial charge in [0, 0.05) is 98.8 Å². The molecule has 0 saturated carbocycles. The molecular formula is C126H98N6. The Morgan fingerprint density at radius 3 is 0.788 bits per heavy atom. The molecule has 0 spiro atoms. The van der Waals surface area contributed by atoms with E-state index in [0.717, 1.165) is 0 Å². The number of benzene rings is 20. The van der Waals surface area contributed by atoms with Crippen LogP contribution in [0, 0.1) is 41.5 Å². The number of aryl methyl sites for hydroxylation is 6. The summed E-state index contributed by atoms with van der Waals surface area (Å²) in [5, 5.41) is 15.7. The molecule has 0 bridgehead atoms. The molecule has 0 unspecified atom stereocenters. The summed E-state index contributed by atoms with van der Waals surface area (Å²) in [6, 6.07) is 173. The third kappa shape index (κ3) is 15.7. The Morgan fingerprint density at radius 1 is 0.129 bits per heavy atom. The largest absolute Gasteiger partial charge is 0.309 e.